The molecule has 0 radical (unpaired) electrons. The summed E-state index contributed by atoms with van der Waals surface area (Å²) in [4.78, 5) is 11.3. The molecule has 2 aromatic rings. The van der Waals surface area contributed by atoms with Crippen LogP contribution in [0.15, 0.2) is 46.9 Å². The van der Waals surface area contributed by atoms with Gasteiger partial charge in [-0.1, -0.05) is 28.1 Å². The van der Waals surface area contributed by atoms with Gasteiger partial charge in [-0.15, -0.1) is 0 Å². The minimum absolute atomic E-state index is 0.0838. The first-order valence-corrected chi connectivity index (χ1v) is 7.20. The van der Waals surface area contributed by atoms with Crippen LogP contribution < -0.4 is 10.1 Å². The van der Waals surface area contributed by atoms with Gasteiger partial charge in [0.15, 0.2) is 0 Å². The Morgan fingerprint density at radius 1 is 1.20 bits per heavy atom. The Morgan fingerprint density at radius 2 is 1.90 bits per heavy atom. The molecule has 0 aliphatic carbocycles. The molecule has 0 atom stereocenters. The van der Waals surface area contributed by atoms with Crippen molar-refractivity contribution in [2.45, 2.75) is 13.8 Å². The number of amides is 1. The molecule has 0 fully saturated rings. The quantitative estimate of drug-likeness (QED) is 0.896. The summed E-state index contributed by atoms with van der Waals surface area (Å²) in [7, 11) is 0. The van der Waals surface area contributed by atoms with E-state index in [4.69, 9.17) is 4.74 Å². The summed E-state index contributed by atoms with van der Waals surface area (Å²) in [6, 6.07) is 13.6. The molecule has 0 aliphatic heterocycles. The molecule has 0 aromatic heterocycles. The molecule has 104 valence electrons. The lowest BCUT2D eigenvalue weighted by atomic mass is 10.0. The fourth-order valence-corrected chi connectivity index (χ4v) is 2.31. The number of carbonyl (C=O) groups is 1. The normalized spacial score (nSPS) is 10.2. The first-order chi connectivity index (χ1) is 9.60. The second-order valence-corrected chi connectivity index (χ2v) is 5.24. The smallest absolute Gasteiger partial charge is 0.221 e. The van der Waals surface area contributed by atoms with Crippen LogP contribution in [0.4, 0.5) is 5.69 Å². The van der Waals surface area contributed by atoms with Crippen LogP contribution in [0.25, 0.3) is 11.1 Å². The molecule has 4 heteroatoms. The topological polar surface area (TPSA) is 38.3 Å². The molecule has 0 aliphatic rings. The van der Waals surface area contributed by atoms with Crippen LogP contribution in [0.5, 0.6) is 5.75 Å². The number of hydrogen-bond acceptors (Lipinski definition) is 2. The minimum Gasteiger partial charge on any atom is -0.494 e. The third-order valence-electron chi connectivity index (χ3n) is 2.77. The zero-order chi connectivity index (χ0) is 14.5. The highest BCUT2D eigenvalue weighted by molar-refractivity contribution is 9.10. The van der Waals surface area contributed by atoms with Crippen molar-refractivity contribution in [3.63, 3.8) is 0 Å². The molecule has 2 rings (SSSR count). The van der Waals surface area contributed by atoms with Gasteiger partial charge in [0, 0.05) is 22.6 Å². The van der Waals surface area contributed by atoms with E-state index >= 15 is 0 Å². The van der Waals surface area contributed by atoms with E-state index in [0.29, 0.717) is 6.61 Å². The van der Waals surface area contributed by atoms with Crippen LogP contribution in [0.3, 0.4) is 0 Å². The molecule has 0 heterocycles. The molecule has 0 spiro atoms. The molecular formula is C16H16BrNO2. The number of benzene rings is 2. The Balaban J connectivity index is 2.39. The predicted octanol–water partition coefficient (Wildman–Crippen LogP) is 4.47. The van der Waals surface area contributed by atoms with Gasteiger partial charge < -0.3 is 10.1 Å². The fourth-order valence-electron chi connectivity index (χ4n) is 1.95. The van der Waals surface area contributed by atoms with Crippen molar-refractivity contribution in [2.24, 2.45) is 0 Å². The fraction of sp³-hybridized carbons (Fsp3) is 0.188. The molecule has 1 N–H and O–H groups in total. The monoisotopic (exact) mass is 333 g/mol. The molecule has 2 aromatic carbocycles. The second kappa shape index (κ2) is 6.57. The van der Waals surface area contributed by atoms with Gasteiger partial charge in [0.2, 0.25) is 5.91 Å². The van der Waals surface area contributed by atoms with Crippen molar-refractivity contribution in [3.8, 4) is 16.9 Å². The summed E-state index contributed by atoms with van der Waals surface area (Å²) >= 11 is 3.46. The first-order valence-electron chi connectivity index (χ1n) is 6.40. The minimum atomic E-state index is -0.0838. The number of rotatable bonds is 4. The summed E-state index contributed by atoms with van der Waals surface area (Å²) in [5.74, 6) is 0.756. The standard InChI is InChI=1S/C16H16BrNO2/c1-3-20-14-7-4-12(5-8-14)15-10-13(17)6-9-16(15)18-11(2)19/h4-10H,3H2,1-2H3,(H,18,19). The Bertz CT molecular complexity index is 608. The van der Waals surface area contributed by atoms with Crippen molar-refractivity contribution in [2.75, 3.05) is 11.9 Å². The molecule has 0 saturated carbocycles. The van der Waals surface area contributed by atoms with Gasteiger partial charge in [-0.2, -0.15) is 0 Å². The Hall–Kier alpha value is -1.81. The Morgan fingerprint density at radius 3 is 2.50 bits per heavy atom. The molecule has 3 nitrogen and oxygen atoms in total. The average molecular weight is 334 g/mol. The largest absolute Gasteiger partial charge is 0.494 e. The highest BCUT2D eigenvalue weighted by Crippen LogP contribution is 2.32. The van der Waals surface area contributed by atoms with Crippen LogP contribution in [0.2, 0.25) is 0 Å². The van der Waals surface area contributed by atoms with Crippen LogP contribution in [0, 0.1) is 0 Å². The molecular weight excluding hydrogens is 318 g/mol. The van der Waals surface area contributed by atoms with E-state index in [2.05, 4.69) is 21.2 Å². The van der Waals surface area contributed by atoms with E-state index in [1.165, 1.54) is 6.92 Å². The van der Waals surface area contributed by atoms with Gasteiger partial charge in [-0.05, 0) is 42.8 Å². The van der Waals surface area contributed by atoms with Crippen LogP contribution in [-0.4, -0.2) is 12.5 Å². The number of hydrogen-bond donors (Lipinski definition) is 1. The second-order valence-electron chi connectivity index (χ2n) is 4.33. The van der Waals surface area contributed by atoms with E-state index in [-0.39, 0.29) is 5.91 Å². The van der Waals surface area contributed by atoms with Crippen LogP contribution in [-0.2, 0) is 4.79 Å². The maximum Gasteiger partial charge on any atom is 0.221 e. The average Bonchev–Trinajstić information content (AvgIpc) is 2.42. The summed E-state index contributed by atoms with van der Waals surface area (Å²) in [5.41, 5.74) is 2.79. The van der Waals surface area contributed by atoms with Crippen molar-refractivity contribution in [1.29, 1.82) is 0 Å². The summed E-state index contributed by atoms with van der Waals surface area (Å²) in [6.45, 7) is 4.11. The number of nitrogens with one attached hydrogen (secondary N) is 1. The molecule has 20 heavy (non-hydrogen) atoms. The number of anilines is 1. The number of carbonyl (C=O) groups excluding carboxylic acids is 1. The highest BCUT2D eigenvalue weighted by Gasteiger charge is 2.07. The van der Waals surface area contributed by atoms with Crippen molar-refractivity contribution in [3.05, 3.63) is 46.9 Å². The lowest BCUT2D eigenvalue weighted by molar-refractivity contribution is -0.114. The van der Waals surface area contributed by atoms with Gasteiger partial charge in [0.1, 0.15) is 5.75 Å². The summed E-state index contributed by atoms with van der Waals surface area (Å²) in [5, 5.41) is 2.85. The maximum atomic E-state index is 11.3. The van der Waals surface area contributed by atoms with E-state index in [0.717, 1.165) is 27.0 Å². The lowest BCUT2D eigenvalue weighted by Gasteiger charge is -2.11. The number of halogens is 1. The SMILES string of the molecule is CCOc1ccc(-c2cc(Br)ccc2NC(C)=O)cc1. The van der Waals surface area contributed by atoms with E-state index in [1.54, 1.807) is 0 Å². The van der Waals surface area contributed by atoms with Gasteiger partial charge in [0.25, 0.3) is 0 Å². The zero-order valence-corrected chi connectivity index (χ0v) is 13.0. The molecule has 1 amide bonds. The van der Waals surface area contributed by atoms with E-state index < -0.39 is 0 Å². The van der Waals surface area contributed by atoms with Crippen molar-refractivity contribution < 1.29 is 9.53 Å². The molecule has 0 bridgehead atoms. The molecule has 0 saturated heterocycles. The van der Waals surface area contributed by atoms with E-state index in [9.17, 15) is 4.79 Å². The summed E-state index contributed by atoms with van der Waals surface area (Å²) < 4.78 is 6.40. The highest BCUT2D eigenvalue weighted by atomic mass is 79.9. The third kappa shape index (κ3) is 3.61. The zero-order valence-electron chi connectivity index (χ0n) is 11.4. The van der Waals surface area contributed by atoms with Crippen LogP contribution >= 0.6 is 15.9 Å². The Labute approximate surface area is 127 Å². The predicted molar refractivity (Wildman–Crippen MR) is 85.1 cm³/mol. The molecule has 0 unspecified atom stereocenters. The lowest BCUT2D eigenvalue weighted by Crippen LogP contribution is -2.06. The van der Waals surface area contributed by atoms with Gasteiger partial charge in [-0.3, -0.25) is 4.79 Å². The Kier molecular flexibility index (Phi) is 4.79. The van der Waals surface area contributed by atoms with E-state index in [1.807, 2.05) is 49.4 Å². The van der Waals surface area contributed by atoms with Gasteiger partial charge in [0.05, 0.1) is 6.61 Å². The summed E-state index contributed by atoms with van der Waals surface area (Å²) in [6.07, 6.45) is 0. The third-order valence-corrected chi connectivity index (χ3v) is 3.26. The number of ether oxygens (including phenoxy) is 1. The van der Waals surface area contributed by atoms with Crippen molar-refractivity contribution in [1.82, 2.24) is 0 Å². The van der Waals surface area contributed by atoms with Gasteiger partial charge >= 0.3 is 0 Å². The maximum absolute atomic E-state index is 11.3. The van der Waals surface area contributed by atoms with Gasteiger partial charge in [-0.25, -0.2) is 0 Å². The van der Waals surface area contributed by atoms with Crippen molar-refractivity contribution >= 4 is 27.5 Å². The first kappa shape index (κ1) is 14.6. The van der Waals surface area contributed by atoms with Crippen LogP contribution in [0.1, 0.15) is 13.8 Å².